The molecule has 0 amide bonds. The molecule has 0 aliphatic rings. The van der Waals surface area contributed by atoms with E-state index in [0.29, 0.717) is 11.5 Å². The number of aryl methyl sites for hydroxylation is 2. The number of rotatable bonds is 7. The molecule has 2 N–H and O–H groups in total. The predicted molar refractivity (Wildman–Crippen MR) is 118 cm³/mol. The number of phenolic OH excluding ortho intramolecular Hbond substituents is 2. The fourth-order valence-electron chi connectivity index (χ4n) is 2.77. The highest BCUT2D eigenvalue weighted by Crippen LogP contribution is 2.36. The molecule has 2 aromatic carbocycles. The van der Waals surface area contributed by atoms with Gasteiger partial charge in [-0.1, -0.05) is 26.7 Å². The Balaban J connectivity index is 2.52. The van der Waals surface area contributed by atoms with E-state index in [1.54, 1.807) is 0 Å². The molecule has 24 heavy (non-hydrogen) atoms. The van der Waals surface area contributed by atoms with Crippen LogP contribution in [0.25, 0.3) is 11.1 Å². The summed E-state index contributed by atoms with van der Waals surface area (Å²) in [5.41, 5.74) is 4.30. The molecule has 0 aromatic heterocycles. The zero-order valence-corrected chi connectivity index (χ0v) is 18.5. The number of hydrogen-bond donors (Lipinski definition) is 2. The molecule has 0 saturated heterocycles. The molecule has 0 bridgehead atoms. The van der Waals surface area contributed by atoms with Crippen molar-refractivity contribution in [2.45, 2.75) is 52.4 Å². The smallest absolute Gasteiger partial charge is 0.142 e. The maximum Gasteiger partial charge on any atom is 0.142 e. The van der Waals surface area contributed by atoms with Crippen molar-refractivity contribution in [3.63, 3.8) is 0 Å². The Hall–Kier alpha value is -0.500. The van der Waals surface area contributed by atoms with Crippen molar-refractivity contribution in [2.75, 3.05) is 0 Å². The Morgan fingerprint density at radius 3 is 1.54 bits per heavy atom. The highest BCUT2D eigenvalue weighted by Gasteiger charge is 2.13. The van der Waals surface area contributed by atoms with Crippen LogP contribution in [0.1, 0.15) is 50.7 Å². The van der Waals surface area contributed by atoms with Crippen molar-refractivity contribution < 1.29 is 10.2 Å². The van der Waals surface area contributed by atoms with Crippen LogP contribution in [0, 0.1) is 7.14 Å². The van der Waals surface area contributed by atoms with Crippen molar-refractivity contribution in [2.24, 2.45) is 0 Å². The van der Waals surface area contributed by atoms with Gasteiger partial charge in [-0.2, -0.15) is 0 Å². The van der Waals surface area contributed by atoms with Gasteiger partial charge in [0.2, 0.25) is 0 Å². The lowest BCUT2D eigenvalue weighted by Crippen LogP contribution is -1.95. The van der Waals surface area contributed by atoms with Crippen LogP contribution in [0.5, 0.6) is 11.5 Å². The number of hydrogen-bond acceptors (Lipinski definition) is 2. The molecule has 0 aliphatic heterocycles. The predicted octanol–water partition coefficient (Wildman–Crippen LogP) is 6.66. The largest absolute Gasteiger partial charge is 0.507 e. The van der Waals surface area contributed by atoms with E-state index in [-0.39, 0.29) is 0 Å². The first-order valence-electron chi connectivity index (χ1n) is 8.51. The highest BCUT2D eigenvalue weighted by atomic mass is 127. The normalized spacial score (nSPS) is 11.0. The quantitative estimate of drug-likeness (QED) is 0.379. The average Bonchev–Trinajstić information content (AvgIpc) is 2.57. The molecule has 0 heterocycles. The first kappa shape index (κ1) is 19.8. The molecular weight excluding hydrogens is 526 g/mol. The van der Waals surface area contributed by atoms with Crippen molar-refractivity contribution in [1.29, 1.82) is 0 Å². The molecule has 4 heteroatoms. The van der Waals surface area contributed by atoms with Gasteiger partial charge in [0.25, 0.3) is 0 Å². The lowest BCUT2D eigenvalue weighted by molar-refractivity contribution is 0.458. The van der Waals surface area contributed by atoms with E-state index in [1.165, 1.54) is 0 Å². The van der Waals surface area contributed by atoms with Crippen molar-refractivity contribution in [1.82, 2.24) is 0 Å². The topological polar surface area (TPSA) is 40.5 Å². The Morgan fingerprint density at radius 1 is 0.708 bits per heavy atom. The summed E-state index contributed by atoms with van der Waals surface area (Å²) in [4.78, 5) is 0. The number of phenols is 2. The highest BCUT2D eigenvalue weighted by molar-refractivity contribution is 14.1. The summed E-state index contributed by atoms with van der Waals surface area (Å²) in [6.45, 7) is 4.34. The summed E-state index contributed by atoms with van der Waals surface area (Å²) in [6, 6.07) is 8.24. The second-order valence-electron chi connectivity index (χ2n) is 6.14. The average molecular weight is 550 g/mol. The van der Waals surface area contributed by atoms with Gasteiger partial charge in [-0.3, -0.25) is 0 Å². The summed E-state index contributed by atoms with van der Waals surface area (Å²) in [6.07, 6.45) is 6.19. The zero-order chi connectivity index (χ0) is 17.7. The van der Waals surface area contributed by atoms with Crippen molar-refractivity contribution in [3.05, 3.63) is 42.5 Å². The molecular formula is C20H24I2O2. The summed E-state index contributed by atoms with van der Waals surface area (Å²) in [5, 5.41) is 20.6. The van der Waals surface area contributed by atoms with Gasteiger partial charge in [-0.15, -0.1) is 0 Å². The SMILES string of the molecule is CCCCc1cc(-c2cc(I)c(O)c(I)c2)cc(CCCC)c1O. The lowest BCUT2D eigenvalue weighted by Gasteiger charge is -2.14. The first-order chi connectivity index (χ1) is 11.5. The van der Waals surface area contributed by atoms with Gasteiger partial charge in [0.15, 0.2) is 0 Å². The van der Waals surface area contributed by atoms with Gasteiger partial charge < -0.3 is 10.2 Å². The Kier molecular flexibility index (Phi) is 7.65. The van der Waals surface area contributed by atoms with Crippen LogP contribution in [0.3, 0.4) is 0 Å². The maximum atomic E-state index is 10.6. The van der Waals surface area contributed by atoms with Crippen LogP contribution in [0.2, 0.25) is 0 Å². The molecule has 2 aromatic rings. The molecule has 2 nitrogen and oxygen atoms in total. The van der Waals surface area contributed by atoms with E-state index in [2.05, 4.69) is 71.2 Å². The van der Waals surface area contributed by atoms with Crippen molar-refractivity contribution >= 4 is 45.2 Å². The number of unbranched alkanes of at least 4 members (excludes halogenated alkanes) is 2. The van der Waals surface area contributed by atoms with Crippen LogP contribution in [0.15, 0.2) is 24.3 Å². The molecule has 0 fully saturated rings. The summed E-state index contributed by atoms with van der Waals surface area (Å²) >= 11 is 4.34. The third-order valence-electron chi connectivity index (χ3n) is 4.22. The van der Waals surface area contributed by atoms with Gasteiger partial charge in [0.05, 0.1) is 7.14 Å². The zero-order valence-electron chi connectivity index (χ0n) is 14.2. The second kappa shape index (κ2) is 9.27. The maximum absolute atomic E-state index is 10.6. The molecule has 130 valence electrons. The third kappa shape index (κ3) is 4.77. The van der Waals surface area contributed by atoms with Gasteiger partial charge >= 0.3 is 0 Å². The van der Waals surface area contributed by atoms with Gasteiger partial charge in [-0.25, -0.2) is 0 Å². The minimum absolute atomic E-state index is 0.344. The standard InChI is InChI=1S/C20H24I2O2/c1-3-5-7-13-9-15(10-14(19(13)23)8-6-4-2)16-11-17(21)20(24)18(22)12-16/h9-12,23-24H,3-8H2,1-2H3. The number of halogens is 2. The fraction of sp³-hybridized carbons (Fsp3) is 0.400. The summed E-state index contributed by atoms with van der Waals surface area (Å²) in [7, 11) is 0. The monoisotopic (exact) mass is 550 g/mol. The van der Waals surface area contributed by atoms with E-state index >= 15 is 0 Å². The van der Waals surface area contributed by atoms with Crippen LogP contribution < -0.4 is 0 Å². The molecule has 0 atom stereocenters. The minimum Gasteiger partial charge on any atom is -0.507 e. The first-order valence-corrected chi connectivity index (χ1v) is 10.7. The number of benzene rings is 2. The Bertz CT molecular complexity index is 659. The van der Waals surface area contributed by atoms with E-state index in [4.69, 9.17) is 0 Å². The van der Waals surface area contributed by atoms with Crippen LogP contribution in [-0.2, 0) is 12.8 Å². The van der Waals surface area contributed by atoms with Gasteiger partial charge in [-0.05, 0) is 117 Å². The van der Waals surface area contributed by atoms with E-state index in [1.807, 2.05) is 12.1 Å². The lowest BCUT2D eigenvalue weighted by atomic mass is 9.94. The van der Waals surface area contributed by atoms with Gasteiger partial charge in [0, 0.05) is 0 Å². The Labute approximate surface area is 172 Å². The van der Waals surface area contributed by atoms with E-state index < -0.39 is 0 Å². The molecule has 2 rings (SSSR count). The number of aromatic hydroxyl groups is 2. The van der Waals surface area contributed by atoms with E-state index in [9.17, 15) is 10.2 Å². The summed E-state index contributed by atoms with van der Waals surface area (Å²) < 4.78 is 1.71. The van der Waals surface area contributed by atoms with Crippen LogP contribution in [0.4, 0.5) is 0 Å². The molecule has 0 saturated carbocycles. The molecule has 0 spiro atoms. The molecule has 0 radical (unpaired) electrons. The van der Waals surface area contributed by atoms with Crippen LogP contribution >= 0.6 is 45.2 Å². The Morgan fingerprint density at radius 2 is 1.12 bits per heavy atom. The third-order valence-corrected chi connectivity index (χ3v) is 5.86. The van der Waals surface area contributed by atoms with Gasteiger partial charge in [0.1, 0.15) is 11.5 Å². The fourth-order valence-corrected chi connectivity index (χ4v) is 4.54. The minimum atomic E-state index is 0.344. The molecule has 0 unspecified atom stereocenters. The van der Waals surface area contributed by atoms with E-state index in [0.717, 1.165) is 67.9 Å². The summed E-state index contributed by atoms with van der Waals surface area (Å²) in [5.74, 6) is 0.819. The molecule has 0 aliphatic carbocycles. The van der Waals surface area contributed by atoms with Crippen molar-refractivity contribution in [3.8, 4) is 22.6 Å². The van der Waals surface area contributed by atoms with Crippen LogP contribution in [-0.4, -0.2) is 10.2 Å². The second-order valence-corrected chi connectivity index (χ2v) is 8.46.